The lowest BCUT2D eigenvalue weighted by molar-refractivity contribution is -0.360. The van der Waals surface area contributed by atoms with E-state index in [9.17, 15) is 9.59 Å². The molecule has 0 saturated carbocycles. The first kappa shape index (κ1) is 8.19. The maximum atomic E-state index is 10.6. The Balaban J connectivity index is 2.65. The van der Waals surface area contributed by atoms with E-state index in [1.54, 1.807) is 24.4 Å². The van der Waals surface area contributed by atoms with E-state index in [0.29, 0.717) is 5.82 Å². The maximum absolute atomic E-state index is 10.6. The van der Waals surface area contributed by atoms with Gasteiger partial charge in [0.25, 0.3) is 5.82 Å². The highest BCUT2D eigenvalue weighted by Gasteiger charge is 2.17. The van der Waals surface area contributed by atoms with Gasteiger partial charge in [-0.05, 0) is 6.07 Å². The summed E-state index contributed by atoms with van der Waals surface area (Å²) in [5.41, 5.74) is 0. The molecule has 5 heteroatoms. The van der Waals surface area contributed by atoms with Crippen LogP contribution in [0.25, 0.3) is 0 Å². The van der Waals surface area contributed by atoms with Gasteiger partial charge in [0.2, 0.25) is 0 Å². The lowest BCUT2D eigenvalue weighted by Gasteiger charge is -1.90. The summed E-state index contributed by atoms with van der Waals surface area (Å²) in [7, 11) is 0. The fourth-order valence-electron chi connectivity index (χ4n) is 0.647. The molecule has 0 unspecified atom stereocenters. The lowest BCUT2D eigenvalue weighted by Crippen LogP contribution is -2.25. The molecule has 0 fully saturated rings. The van der Waals surface area contributed by atoms with Crippen molar-refractivity contribution in [2.24, 2.45) is 0 Å². The van der Waals surface area contributed by atoms with E-state index in [2.05, 4.69) is 10.3 Å². The summed E-state index contributed by atoms with van der Waals surface area (Å²) < 4.78 is 0. The van der Waals surface area contributed by atoms with E-state index in [4.69, 9.17) is 5.11 Å². The third-order valence-corrected chi connectivity index (χ3v) is 1.15. The van der Waals surface area contributed by atoms with Crippen molar-refractivity contribution in [3.8, 4) is 0 Å². The van der Waals surface area contributed by atoms with Crippen LogP contribution in [0, 0.1) is 0 Å². The number of amides is 1. The highest BCUT2D eigenvalue weighted by molar-refractivity contribution is 6.36. The molecule has 1 aromatic rings. The molecule has 1 heterocycles. The summed E-state index contributed by atoms with van der Waals surface area (Å²) >= 11 is 0. The summed E-state index contributed by atoms with van der Waals surface area (Å²) in [5.74, 6) is -2.21. The average Bonchev–Trinajstić information content (AvgIpc) is 2.06. The first-order valence-corrected chi connectivity index (χ1v) is 3.21. The number of pyridine rings is 1. The van der Waals surface area contributed by atoms with Crippen LogP contribution in [0.2, 0.25) is 0 Å². The Bertz CT molecular complexity index is 297. The van der Waals surface area contributed by atoms with Crippen molar-refractivity contribution in [1.82, 2.24) is 0 Å². The number of hydrogen-bond acceptors (Lipinski definition) is 2. The molecule has 62 valence electrons. The van der Waals surface area contributed by atoms with Gasteiger partial charge in [-0.25, -0.2) is 19.9 Å². The first-order valence-electron chi connectivity index (χ1n) is 3.21. The Morgan fingerprint density at radius 1 is 1.42 bits per heavy atom. The van der Waals surface area contributed by atoms with E-state index in [0.717, 1.165) is 0 Å². The van der Waals surface area contributed by atoms with Gasteiger partial charge in [-0.1, -0.05) is 6.07 Å². The number of aliphatic carboxylic acids is 1. The molecule has 0 aromatic carbocycles. The predicted octanol–water partition coefficient (Wildman–Crippen LogP) is -0.476. The van der Waals surface area contributed by atoms with Gasteiger partial charge < -0.3 is 5.11 Å². The fourth-order valence-corrected chi connectivity index (χ4v) is 0.647. The van der Waals surface area contributed by atoms with Gasteiger partial charge in [-0.3, -0.25) is 0 Å². The number of aromatic nitrogens is 1. The first-order chi connectivity index (χ1) is 5.70. The van der Waals surface area contributed by atoms with Crippen molar-refractivity contribution in [3.05, 3.63) is 24.4 Å². The molecule has 3 N–H and O–H groups in total. The normalized spacial score (nSPS) is 9.00. The number of rotatable bonds is 1. The van der Waals surface area contributed by atoms with Crippen molar-refractivity contribution in [1.29, 1.82) is 0 Å². The van der Waals surface area contributed by atoms with Gasteiger partial charge in [0.1, 0.15) is 0 Å². The van der Waals surface area contributed by atoms with Crippen molar-refractivity contribution in [3.63, 3.8) is 0 Å². The monoisotopic (exact) mass is 167 g/mol. The van der Waals surface area contributed by atoms with Gasteiger partial charge in [0, 0.05) is 6.07 Å². The van der Waals surface area contributed by atoms with Crippen LogP contribution in [-0.2, 0) is 9.59 Å². The minimum atomic E-state index is -1.51. The Morgan fingerprint density at radius 3 is 2.67 bits per heavy atom. The molecule has 0 aliphatic carbocycles. The molecule has 12 heavy (non-hydrogen) atoms. The Morgan fingerprint density at radius 2 is 2.17 bits per heavy atom. The van der Waals surface area contributed by atoms with Crippen LogP contribution in [0.3, 0.4) is 0 Å². The molecule has 1 rings (SSSR count). The number of carbonyl (C=O) groups is 2. The largest absolute Gasteiger partial charge is 0.472 e. The van der Waals surface area contributed by atoms with E-state index >= 15 is 0 Å². The third-order valence-electron chi connectivity index (χ3n) is 1.15. The van der Waals surface area contributed by atoms with Crippen LogP contribution in [0.4, 0.5) is 5.82 Å². The zero-order valence-electron chi connectivity index (χ0n) is 6.07. The third kappa shape index (κ3) is 2.05. The zero-order valence-corrected chi connectivity index (χ0v) is 6.07. The highest BCUT2D eigenvalue weighted by Crippen LogP contribution is 1.93. The summed E-state index contributed by atoms with van der Waals surface area (Å²) in [5, 5.41) is 10.4. The van der Waals surface area contributed by atoms with Crippen LogP contribution < -0.4 is 10.3 Å². The van der Waals surface area contributed by atoms with Gasteiger partial charge in [-0.2, -0.15) is 0 Å². The highest BCUT2D eigenvalue weighted by atomic mass is 16.4. The van der Waals surface area contributed by atoms with Gasteiger partial charge in [0.15, 0.2) is 0 Å². The van der Waals surface area contributed by atoms with Crippen molar-refractivity contribution in [2.45, 2.75) is 0 Å². The standard InChI is InChI=1S/C7H6N2O3/c10-6(7(11)12)9-5-3-1-2-4-8-5/h1-4H,(H,11,12)(H,8,9,10)/p+1. The van der Waals surface area contributed by atoms with Crippen molar-refractivity contribution in [2.75, 3.05) is 5.32 Å². The zero-order chi connectivity index (χ0) is 8.97. The number of hydrogen-bond donors (Lipinski definition) is 2. The quantitative estimate of drug-likeness (QED) is 0.554. The van der Waals surface area contributed by atoms with Crippen LogP contribution >= 0.6 is 0 Å². The van der Waals surface area contributed by atoms with Crippen LogP contribution in [-0.4, -0.2) is 17.0 Å². The predicted molar refractivity (Wildman–Crippen MR) is 39.3 cm³/mol. The van der Waals surface area contributed by atoms with Gasteiger partial charge >= 0.3 is 11.9 Å². The summed E-state index contributed by atoms with van der Waals surface area (Å²) in [6.07, 6.45) is 1.58. The number of anilines is 1. The van der Waals surface area contributed by atoms with Crippen LogP contribution in [0.15, 0.2) is 24.4 Å². The summed E-state index contributed by atoms with van der Waals surface area (Å²) in [6, 6.07) is 4.95. The molecule has 0 atom stereocenters. The topological polar surface area (TPSA) is 80.5 Å². The molecule has 0 saturated heterocycles. The molecular weight excluding hydrogens is 160 g/mol. The second-order valence-corrected chi connectivity index (χ2v) is 2.04. The van der Waals surface area contributed by atoms with Gasteiger partial charge in [-0.15, -0.1) is 0 Å². The Labute approximate surface area is 68.0 Å². The number of nitrogens with one attached hydrogen (secondary N) is 2. The Hall–Kier alpha value is -1.91. The fraction of sp³-hybridized carbons (Fsp3) is 0. The molecule has 0 aliphatic rings. The molecule has 0 spiro atoms. The Kier molecular flexibility index (Phi) is 2.37. The second kappa shape index (κ2) is 3.47. The SMILES string of the molecule is O=C(O)C(=O)Nc1cccc[nH+]1. The minimum Gasteiger partial charge on any atom is -0.472 e. The minimum absolute atomic E-state index is 0.352. The number of carboxylic acid groups (broad SMARTS) is 1. The van der Waals surface area contributed by atoms with Crippen molar-refractivity contribution >= 4 is 17.7 Å². The average molecular weight is 167 g/mol. The van der Waals surface area contributed by atoms with Crippen LogP contribution in [0.1, 0.15) is 0 Å². The molecule has 5 nitrogen and oxygen atoms in total. The van der Waals surface area contributed by atoms with E-state index in [1.807, 2.05) is 0 Å². The number of H-pyrrole nitrogens is 1. The number of aromatic amines is 1. The molecule has 1 aromatic heterocycles. The number of carboxylic acids is 1. The summed E-state index contributed by atoms with van der Waals surface area (Å²) in [6.45, 7) is 0. The summed E-state index contributed by atoms with van der Waals surface area (Å²) in [4.78, 5) is 23.3. The molecular formula is C7H7N2O3+. The number of carbonyl (C=O) groups excluding carboxylic acids is 1. The smallest absolute Gasteiger partial charge is 0.419 e. The molecule has 0 radical (unpaired) electrons. The van der Waals surface area contributed by atoms with Crippen LogP contribution in [0.5, 0.6) is 0 Å². The lowest BCUT2D eigenvalue weighted by atomic mass is 10.4. The second-order valence-electron chi connectivity index (χ2n) is 2.04. The van der Waals surface area contributed by atoms with Gasteiger partial charge in [0.05, 0.1) is 6.20 Å². The van der Waals surface area contributed by atoms with E-state index in [-0.39, 0.29) is 0 Å². The molecule has 0 aliphatic heterocycles. The molecule has 1 amide bonds. The van der Waals surface area contributed by atoms with E-state index in [1.165, 1.54) is 0 Å². The molecule has 0 bridgehead atoms. The van der Waals surface area contributed by atoms with Crippen molar-refractivity contribution < 1.29 is 19.7 Å². The van der Waals surface area contributed by atoms with E-state index < -0.39 is 11.9 Å². The maximum Gasteiger partial charge on any atom is 0.419 e.